The van der Waals surface area contributed by atoms with Crippen LogP contribution in [0.15, 0.2) is 77.7 Å². The minimum absolute atomic E-state index is 0.0749. The van der Waals surface area contributed by atoms with E-state index in [1.807, 2.05) is 24.3 Å². The predicted molar refractivity (Wildman–Crippen MR) is 133 cm³/mol. The van der Waals surface area contributed by atoms with Crippen LogP contribution in [-0.2, 0) is 21.2 Å². The largest absolute Gasteiger partial charge is 0.496 e. The van der Waals surface area contributed by atoms with Crippen LogP contribution in [-0.4, -0.2) is 41.6 Å². The van der Waals surface area contributed by atoms with Crippen molar-refractivity contribution in [3.05, 3.63) is 83.4 Å². The molecule has 0 fully saturated rings. The van der Waals surface area contributed by atoms with Crippen LogP contribution < -0.4 is 19.1 Å². The fraction of sp³-hybridized carbons (Fsp3) is 0.240. The molecule has 0 aromatic heterocycles. The van der Waals surface area contributed by atoms with Crippen LogP contribution in [0.3, 0.4) is 0 Å². The highest BCUT2D eigenvalue weighted by atomic mass is 35.5. The van der Waals surface area contributed by atoms with Gasteiger partial charge in [-0.2, -0.15) is 0 Å². The first-order valence-electron chi connectivity index (χ1n) is 10.7. The highest BCUT2D eigenvalue weighted by molar-refractivity contribution is 7.92. The molecule has 1 N–H and O–H groups in total. The zero-order valence-electron chi connectivity index (χ0n) is 19.0. The molecule has 0 aliphatic heterocycles. The number of hydrogen-bond donors (Lipinski definition) is 1. The van der Waals surface area contributed by atoms with E-state index in [4.69, 9.17) is 21.1 Å². The van der Waals surface area contributed by atoms with Crippen molar-refractivity contribution in [2.75, 3.05) is 31.6 Å². The normalized spacial score (nSPS) is 11.0. The van der Waals surface area contributed by atoms with Crippen LogP contribution in [0.2, 0.25) is 5.02 Å². The van der Waals surface area contributed by atoms with E-state index in [9.17, 15) is 13.2 Å². The van der Waals surface area contributed by atoms with E-state index < -0.39 is 22.5 Å². The molecule has 34 heavy (non-hydrogen) atoms. The Bertz CT molecular complexity index is 1220. The van der Waals surface area contributed by atoms with Crippen LogP contribution in [0.25, 0.3) is 0 Å². The Morgan fingerprint density at radius 1 is 0.941 bits per heavy atom. The number of carbonyl (C=O) groups excluding carboxylic acids is 1. The van der Waals surface area contributed by atoms with Gasteiger partial charge in [-0.1, -0.05) is 48.0 Å². The molecule has 9 heteroatoms. The molecule has 0 radical (unpaired) electrons. The lowest BCUT2D eigenvalue weighted by atomic mass is 10.1. The Morgan fingerprint density at radius 2 is 1.62 bits per heavy atom. The van der Waals surface area contributed by atoms with Gasteiger partial charge < -0.3 is 14.8 Å². The Labute approximate surface area is 205 Å². The molecule has 0 unspecified atom stereocenters. The number of methoxy groups -OCH3 is 2. The first-order chi connectivity index (χ1) is 16.4. The maximum Gasteiger partial charge on any atom is 0.264 e. The van der Waals surface area contributed by atoms with Crippen molar-refractivity contribution in [1.82, 2.24) is 5.32 Å². The second kappa shape index (κ2) is 11.8. The van der Waals surface area contributed by atoms with Crippen LogP contribution >= 0.6 is 11.6 Å². The van der Waals surface area contributed by atoms with Gasteiger partial charge in [0.2, 0.25) is 5.91 Å². The number of ether oxygens (including phenoxy) is 2. The van der Waals surface area contributed by atoms with E-state index in [2.05, 4.69) is 5.32 Å². The Hall–Kier alpha value is -3.23. The number of nitrogens with zero attached hydrogens (tertiary/aromatic N) is 1. The smallest absolute Gasteiger partial charge is 0.264 e. The monoisotopic (exact) mass is 502 g/mol. The van der Waals surface area contributed by atoms with Crippen LogP contribution in [0.1, 0.15) is 12.0 Å². The molecule has 3 rings (SSSR count). The van der Waals surface area contributed by atoms with Gasteiger partial charge in [0.25, 0.3) is 10.0 Å². The van der Waals surface area contributed by atoms with E-state index in [1.54, 1.807) is 37.4 Å². The molecule has 3 aromatic carbocycles. The fourth-order valence-corrected chi connectivity index (χ4v) is 5.13. The number of carbonyl (C=O) groups is 1. The minimum atomic E-state index is -4.01. The van der Waals surface area contributed by atoms with Crippen molar-refractivity contribution in [3.63, 3.8) is 0 Å². The average Bonchev–Trinajstić information content (AvgIpc) is 2.85. The van der Waals surface area contributed by atoms with Crippen LogP contribution in [0, 0.1) is 0 Å². The second-order valence-electron chi connectivity index (χ2n) is 7.41. The summed E-state index contributed by atoms with van der Waals surface area (Å²) < 4.78 is 38.3. The molecule has 0 heterocycles. The standard InChI is InChI=1S/C25H27ClN2O5S/c1-32-23-13-7-6-9-19(23)10-8-16-27-25(29)18-28(20-14-15-24(33-2)22(26)17-20)34(30,31)21-11-4-3-5-12-21/h3-7,9,11-15,17H,8,10,16,18H2,1-2H3,(H,27,29). The van der Waals surface area contributed by atoms with Crippen LogP contribution in [0.4, 0.5) is 5.69 Å². The zero-order valence-corrected chi connectivity index (χ0v) is 20.6. The highest BCUT2D eigenvalue weighted by Crippen LogP contribution is 2.31. The van der Waals surface area contributed by atoms with Crippen molar-refractivity contribution < 1.29 is 22.7 Å². The lowest BCUT2D eigenvalue weighted by Gasteiger charge is -2.24. The lowest BCUT2D eigenvalue weighted by molar-refractivity contribution is -0.119. The molecule has 0 aliphatic carbocycles. The molecule has 0 spiro atoms. The van der Waals surface area contributed by atoms with Crippen molar-refractivity contribution >= 4 is 33.2 Å². The summed E-state index contributed by atoms with van der Waals surface area (Å²) in [5.74, 6) is 0.778. The third-order valence-corrected chi connectivity index (χ3v) is 7.26. The molecule has 1 amide bonds. The summed E-state index contributed by atoms with van der Waals surface area (Å²) in [7, 11) is -0.923. The van der Waals surface area contributed by atoms with E-state index in [1.165, 1.54) is 25.3 Å². The summed E-state index contributed by atoms with van der Waals surface area (Å²) in [6.07, 6.45) is 1.39. The lowest BCUT2D eigenvalue weighted by Crippen LogP contribution is -2.41. The first kappa shape index (κ1) is 25.4. The number of para-hydroxylation sites is 1. The number of halogens is 1. The summed E-state index contributed by atoms with van der Waals surface area (Å²) in [5.41, 5.74) is 1.30. The van der Waals surface area contributed by atoms with E-state index in [0.29, 0.717) is 25.1 Å². The van der Waals surface area contributed by atoms with Crippen LogP contribution in [0.5, 0.6) is 11.5 Å². The molecule has 3 aromatic rings. The summed E-state index contributed by atoms with van der Waals surface area (Å²) in [4.78, 5) is 12.8. The van der Waals surface area contributed by atoms with Gasteiger partial charge >= 0.3 is 0 Å². The van der Waals surface area contributed by atoms with Crippen molar-refractivity contribution in [3.8, 4) is 11.5 Å². The maximum atomic E-state index is 13.4. The maximum absolute atomic E-state index is 13.4. The molecular weight excluding hydrogens is 476 g/mol. The van der Waals surface area contributed by atoms with Crippen molar-refractivity contribution in [1.29, 1.82) is 0 Å². The SMILES string of the molecule is COc1ccc(N(CC(=O)NCCCc2ccccc2OC)S(=O)(=O)c2ccccc2)cc1Cl. The van der Waals surface area contributed by atoms with Gasteiger partial charge in [0.1, 0.15) is 18.0 Å². The van der Waals surface area contributed by atoms with Gasteiger partial charge in [-0.25, -0.2) is 8.42 Å². The fourth-order valence-electron chi connectivity index (χ4n) is 3.45. The number of hydrogen-bond acceptors (Lipinski definition) is 5. The first-order valence-corrected chi connectivity index (χ1v) is 12.5. The molecule has 0 atom stereocenters. The summed E-state index contributed by atoms with van der Waals surface area (Å²) >= 11 is 6.23. The van der Waals surface area contributed by atoms with Crippen molar-refractivity contribution in [2.45, 2.75) is 17.7 Å². The topological polar surface area (TPSA) is 84.9 Å². The summed E-state index contributed by atoms with van der Waals surface area (Å²) in [6.45, 7) is -0.00593. The van der Waals surface area contributed by atoms with E-state index >= 15 is 0 Å². The van der Waals surface area contributed by atoms with Gasteiger partial charge in [0.05, 0.1) is 29.8 Å². The van der Waals surface area contributed by atoms with Crippen molar-refractivity contribution in [2.24, 2.45) is 0 Å². The molecule has 0 saturated carbocycles. The van der Waals surface area contributed by atoms with Gasteiger partial charge in [0.15, 0.2) is 0 Å². The minimum Gasteiger partial charge on any atom is -0.496 e. The van der Waals surface area contributed by atoms with Gasteiger partial charge in [0, 0.05) is 6.54 Å². The quantitative estimate of drug-likeness (QED) is 0.395. The summed E-state index contributed by atoms with van der Waals surface area (Å²) in [6, 6.07) is 20.2. The number of nitrogens with one attached hydrogen (secondary N) is 1. The van der Waals surface area contributed by atoms with E-state index in [0.717, 1.165) is 15.6 Å². The van der Waals surface area contributed by atoms with Gasteiger partial charge in [-0.15, -0.1) is 0 Å². The van der Waals surface area contributed by atoms with E-state index in [-0.39, 0.29) is 15.6 Å². The average molecular weight is 503 g/mol. The second-order valence-corrected chi connectivity index (χ2v) is 9.68. The van der Waals surface area contributed by atoms with Gasteiger partial charge in [-0.3, -0.25) is 9.10 Å². The molecule has 0 saturated heterocycles. The third kappa shape index (κ3) is 6.21. The number of sulfonamides is 1. The predicted octanol–water partition coefficient (Wildman–Crippen LogP) is 4.30. The number of anilines is 1. The Balaban J connectivity index is 1.73. The Morgan fingerprint density at radius 3 is 2.29 bits per heavy atom. The van der Waals surface area contributed by atoms with Gasteiger partial charge in [-0.05, 0) is 54.8 Å². The third-order valence-electron chi connectivity index (χ3n) is 5.18. The molecular formula is C25H27ClN2O5S. The molecule has 0 aliphatic rings. The molecule has 7 nitrogen and oxygen atoms in total. The highest BCUT2D eigenvalue weighted by Gasteiger charge is 2.27. The zero-order chi connectivity index (χ0) is 24.6. The number of aryl methyl sites for hydroxylation is 1. The molecule has 0 bridgehead atoms. The number of rotatable bonds is 11. The number of amides is 1. The number of benzene rings is 3. The molecule has 180 valence electrons. The summed E-state index contributed by atoms with van der Waals surface area (Å²) in [5, 5.41) is 3.05. The Kier molecular flexibility index (Phi) is 8.79.